The van der Waals surface area contributed by atoms with Gasteiger partial charge in [-0.3, -0.25) is 0 Å². The Morgan fingerprint density at radius 3 is 3.00 bits per heavy atom. The summed E-state index contributed by atoms with van der Waals surface area (Å²) in [4.78, 5) is 0. The fourth-order valence-electron chi connectivity index (χ4n) is 2.71. The van der Waals surface area contributed by atoms with Gasteiger partial charge in [0.2, 0.25) is 0 Å². The van der Waals surface area contributed by atoms with Crippen molar-refractivity contribution >= 4 is 27.5 Å². The zero-order valence-electron chi connectivity index (χ0n) is 10.7. The lowest BCUT2D eigenvalue weighted by atomic mass is 9.95. The molecule has 4 heteroatoms. The summed E-state index contributed by atoms with van der Waals surface area (Å²) in [5.74, 6) is 0. The van der Waals surface area contributed by atoms with Crippen LogP contribution in [-0.2, 0) is 6.42 Å². The fraction of sp³-hybridized carbons (Fsp3) is 0.333. The molecule has 2 aromatic rings. The Kier molecular flexibility index (Phi) is 3.46. The van der Waals surface area contributed by atoms with Gasteiger partial charge in [-0.2, -0.15) is 0 Å². The van der Waals surface area contributed by atoms with Gasteiger partial charge in [0, 0.05) is 26.9 Å². The smallest absolute Gasteiger partial charge is 0.0807 e. The molecule has 19 heavy (non-hydrogen) atoms. The summed E-state index contributed by atoms with van der Waals surface area (Å²) in [6, 6.07) is 6.02. The van der Waals surface area contributed by atoms with Crippen LogP contribution in [0.25, 0.3) is 5.69 Å². The maximum absolute atomic E-state index is 10.0. The monoisotopic (exact) mass is 339 g/mol. The van der Waals surface area contributed by atoms with E-state index in [0.717, 1.165) is 45.6 Å². The van der Waals surface area contributed by atoms with Crippen LogP contribution in [0, 0.1) is 6.92 Å². The van der Waals surface area contributed by atoms with Crippen LogP contribution >= 0.6 is 27.5 Å². The second-order valence-corrected chi connectivity index (χ2v) is 6.31. The number of halogens is 2. The van der Waals surface area contributed by atoms with Crippen molar-refractivity contribution < 1.29 is 5.11 Å². The van der Waals surface area contributed by atoms with E-state index in [1.54, 1.807) is 0 Å². The number of hydrogen-bond donors (Lipinski definition) is 1. The van der Waals surface area contributed by atoms with Crippen molar-refractivity contribution in [3.05, 3.63) is 50.7 Å². The van der Waals surface area contributed by atoms with Crippen LogP contribution in [0.1, 0.15) is 35.8 Å². The Hall–Kier alpha value is -0.770. The average Bonchev–Trinajstić information content (AvgIpc) is 2.79. The fourth-order valence-corrected chi connectivity index (χ4v) is 3.52. The van der Waals surface area contributed by atoms with Gasteiger partial charge in [-0.1, -0.05) is 11.6 Å². The van der Waals surface area contributed by atoms with Gasteiger partial charge >= 0.3 is 0 Å². The topological polar surface area (TPSA) is 25.2 Å². The predicted molar refractivity (Wildman–Crippen MR) is 81.1 cm³/mol. The summed E-state index contributed by atoms with van der Waals surface area (Å²) in [5.41, 5.74) is 4.33. The quantitative estimate of drug-likeness (QED) is 0.808. The minimum atomic E-state index is -0.329. The lowest BCUT2D eigenvalue weighted by Crippen LogP contribution is -2.11. The van der Waals surface area contributed by atoms with Gasteiger partial charge in [-0.05, 0) is 65.9 Å². The van der Waals surface area contributed by atoms with Crippen LogP contribution in [0.15, 0.2) is 28.9 Å². The van der Waals surface area contributed by atoms with Crippen LogP contribution in [0.4, 0.5) is 0 Å². The first-order valence-corrected chi connectivity index (χ1v) is 7.59. The van der Waals surface area contributed by atoms with Gasteiger partial charge in [0.1, 0.15) is 0 Å². The number of hydrogen-bond acceptors (Lipinski definition) is 1. The lowest BCUT2D eigenvalue weighted by Gasteiger charge is -2.21. The zero-order valence-corrected chi connectivity index (χ0v) is 13.0. The van der Waals surface area contributed by atoms with E-state index in [1.165, 1.54) is 5.69 Å². The highest BCUT2D eigenvalue weighted by Gasteiger charge is 2.22. The molecule has 1 aliphatic carbocycles. The van der Waals surface area contributed by atoms with Crippen LogP contribution < -0.4 is 0 Å². The SMILES string of the molecule is Cc1cc(Br)c(-n2ccc3c2CCCC3O)cc1Cl. The van der Waals surface area contributed by atoms with E-state index in [1.807, 2.05) is 31.3 Å². The molecule has 0 radical (unpaired) electrons. The van der Waals surface area contributed by atoms with Crippen molar-refractivity contribution in [2.45, 2.75) is 32.3 Å². The third kappa shape index (κ3) is 2.24. The number of fused-ring (bicyclic) bond motifs is 1. The Morgan fingerprint density at radius 1 is 1.42 bits per heavy atom. The van der Waals surface area contributed by atoms with E-state index in [0.29, 0.717) is 0 Å². The number of nitrogens with zero attached hydrogens (tertiary/aromatic N) is 1. The van der Waals surface area contributed by atoms with Crippen molar-refractivity contribution in [1.82, 2.24) is 4.57 Å². The molecule has 1 aromatic carbocycles. The van der Waals surface area contributed by atoms with E-state index in [9.17, 15) is 5.11 Å². The molecule has 0 bridgehead atoms. The predicted octanol–water partition coefficient (Wildman–Crippen LogP) is 4.57. The van der Waals surface area contributed by atoms with Crippen LogP contribution in [0.5, 0.6) is 0 Å². The largest absolute Gasteiger partial charge is 0.388 e. The summed E-state index contributed by atoms with van der Waals surface area (Å²) < 4.78 is 3.15. The van der Waals surface area contributed by atoms with Crippen molar-refractivity contribution in [1.29, 1.82) is 0 Å². The van der Waals surface area contributed by atoms with Crippen molar-refractivity contribution in [2.24, 2.45) is 0 Å². The number of aliphatic hydroxyl groups excluding tert-OH is 1. The number of rotatable bonds is 1. The van der Waals surface area contributed by atoms with Gasteiger partial charge in [0.25, 0.3) is 0 Å². The van der Waals surface area contributed by atoms with Crippen molar-refractivity contribution in [3.63, 3.8) is 0 Å². The summed E-state index contributed by atoms with van der Waals surface area (Å²) in [7, 11) is 0. The number of aromatic nitrogens is 1. The Labute approximate surface area is 126 Å². The first-order valence-electron chi connectivity index (χ1n) is 6.42. The second kappa shape index (κ2) is 4.97. The van der Waals surface area contributed by atoms with Crippen LogP contribution in [0.3, 0.4) is 0 Å². The Balaban J connectivity index is 2.16. The van der Waals surface area contributed by atoms with E-state index in [-0.39, 0.29) is 6.10 Å². The minimum absolute atomic E-state index is 0.329. The molecule has 100 valence electrons. The van der Waals surface area contributed by atoms with E-state index in [2.05, 4.69) is 20.5 Å². The van der Waals surface area contributed by atoms with Gasteiger partial charge in [0.15, 0.2) is 0 Å². The summed E-state index contributed by atoms with van der Waals surface area (Å²) in [6.45, 7) is 1.99. The first-order chi connectivity index (χ1) is 9.08. The summed E-state index contributed by atoms with van der Waals surface area (Å²) in [6.07, 6.45) is 4.56. The molecular weight excluding hydrogens is 326 g/mol. The van der Waals surface area contributed by atoms with Crippen molar-refractivity contribution in [3.8, 4) is 5.69 Å². The van der Waals surface area contributed by atoms with Gasteiger partial charge in [0.05, 0.1) is 11.8 Å². The first kappa shape index (κ1) is 13.2. The maximum atomic E-state index is 10.0. The summed E-state index contributed by atoms with van der Waals surface area (Å²) in [5, 5.41) is 10.8. The van der Waals surface area contributed by atoms with Gasteiger partial charge < -0.3 is 9.67 Å². The van der Waals surface area contributed by atoms with Crippen molar-refractivity contribution in [2.75, 3.05) is 0 Å². The third-order valence-electron chi connectivity index (χ3n) is 3.76. The molecule has 3 rings (SSSR count). The molecule has 2 nitrogen and oxygen atoms in total. The Bertz CT molecular complexity index is 635. The van der Waals surface area contributed by atoms with Gasteiger partial charge in [-0.25, -0.2) is 0 Å². The number of aliphatic hydroxyl groups is 1. The zero-order chi connectivity index (χ0) is 13.6. The molecule has 1 unspecified atom stereocenters. The molecule has 0 amide bonds. The molecule has 1 aliphatic rings. The molecule has 0 spiro atoms. The normalized spacial score (nSPS) is 18.4. The molecule has 0 saturated heterocycles. The van der Waals surface area contributed by atoms with E-state index >= 15 is 0 Å². The lowest BCUT2D eigenvalue weighted by molar-refractivity contribution is 0.156. The molecule has 0 fully saturated rings. The minimum Gasteiger partial charge on any atom is -0.388 e. The standard InChI is InChI=1S/C15H15BrClNO/c1-9-7-11(16)14(8-12(9)17)18-6-5-10-13(18)3-2-4-15(10)19/h5-8,15,19H,2-4H2,1H3. The molecule has 1 heterocycles. The number of benzene rings is 1. The van der Waals surface area contributed by atoms with Crippen LogP contribution in [-0.4, -0.2) is 9.67 Å². The second-order valence-electron chi connectivity index (χ2n) is 5.05. The van der Waals surface area contributed by atoms with E-state index < -0.39 is 0 Å². The van der Waals surface area contributed by atoms with Crippen LogP contribution in [0.2, 0.25) is 5.02 Å². The molecule has 0 saturated carbocycles. The third-order valence-corrected chi connectivity index (χ3v) is 4.81. The Morgan fingerprint density at radius 2 is 2.21 bits per heavy atom. The number of aryl methyl sites for hydroxylation is 1. The summed E-state index contributed by atoms with van der Waals surface area (Å²) >= 11 is 9.83. The molecule has 1 atom stereocenters. The molecule has 0 aliphatic heterocycles. The molecular formula is C15H15BrClNO. The molecule has 1 aromatic heterocycles. The highest BCUT2D eigenvalue weighted by atomic mass is 79.9. The van der Waals surface area contributed by atoms with Gasteiger partial charge in [-0.15, -0.1) is 0 Å². The highest BCUT2D eigenvalue weighted by Crippen LogP contribution is 2.35. The average molecular weight is 341 g/mol. The molecule has 1 N–H and O–H groups in total. The van der Waals surface area contributed by atoms with E-state index in [4.69, 9.17) is 11.6 Å². The highest BCUT2D eigenvalue weighted by molar-refractivity contribution is 9.10. The maximum Gasteiger partial charge on any atom is 0.0807 e.